The number of aldehydes is 1. The van der Waals surface area contributed by atoms with Crippen molar-refractivity contribution in [2.75, 3.05) is 19.8 Å². The molecule has 4 aromatic rings. The van der Waals surface area contributed by atoms with Crippen LogP contribution >= 0.6 is 77.1 Å². The number of alkyl halides is 7. The molecule has 0 aromatic heterocycles. The molecule has 0 saturated heterocycles. The molecular formula is C49H60BrF6I3O9. The van der Waals surface area contributed by atoms with Gasteiger partial charge in [-0.25, -0.2) is 0 Å². The van der Waals surface area contributed by atoms with Crippen molar-refractivity contribution in [1.82, 2.24) is 0 Å². The Morgan fingerprint density at radius 3 is 1.18 bits per heavy atom. The Balaban J connectivity index is 0. The molecule has 0 aliphatic heterocycles. The molecular weight excluding hydrogens is 1310 g/mol. The molecule has 19 heteroatoms. The van der Waals surface area contributed by atoms with Gasteiger partial charge in [-0.2, -0.15) is 26.3 Å². The van der Waals surface area contributed by atoms with E-state index in [0.717, 1.165) is 50.2 Å². The van der Waals surface area contributed by atoms with Gasteiger partial charge in [0.25, 0.3) is 0 Å². The highest BCUT2D eigenvalue weighted by molar-refractivity contribution is 15.0. The largest absolute Gasteiger partial charge is 0.386 e. The molecule has 0 amide bonds. The number of ether oxygens (including phenoxy) is 4. The Morgan fingerprint density at radius 1 is 0.559 bits per heavy atom. The molecule has 0 heterocycles. The topological polar surface area (TPSA) is 125 Å². The van der Waals surface area contributed by atoms with Gasteiger partial charge < -0.3 is 28.8 Å². The van der Waals surface area contributed by atoms with Gasteiger partial charge in [-0.3, -0.25) is 14.4 Å². The minimum absolute atomic E-state index is 0. The van der Waals surface area contributed by atoms with Gasteiger partial charge in [0.1, 0.15) is 18.5 Å². The summed E-state index contributed by atoms with van der Waals surface area (Å²) in [5, 5.41) is 9.24. The summed E-state index contributed by atoms with van der Waals surface area (Å²) in [6.45, 7) is 5.24. The van der Waals surface area contributed by atoms with Crippen LogP contribution in [-0.2, 0) is 64.6 Å². The van der Waals surface area contributed by atoms with E-state index in [0.29, 0.717) is 45.9 Å². The van der Waals surface area contributed by atoms with Crippen molar-refractivity contribution in [3.63, 3.8) is 0 Å². The molecule has 0 aliphatic carbocycles. The van der Waals surface area contributed by atoms with Crippen LogP contribution in [-0.4, -0.2) is 77.4 Å². The number of ketones is 3. The Morgan fingerprint density at radius 2 is 0.868 bits per heavy atom. The minimum atomic E-state index is -3.67. The number of hydrogen-bond acceptors (Lipinski definition) is 9. The quantitative estimate of drug-likeness (QED) is 0.0215. The number of halogens is 10. The second kappa shape index (κ2) is 40.2. The Bertz CT molecular complexity index is 1890. The third-order valence-corrected chi connectivity index (χ3v) is 9.48. The summed E-state index contributed by atoms with van der Waals surface area (Å²) in [6.07, 6.45) is -0.524. The van der Waals surface area contributed by atoms with Crippen LogP contribution < -0.4 is 0 Å². The lowest BCUT2D eigenvalue weighted by atomic mass is 10.0. The van der Waals surface area contributed by atoms with Gasteiger partial charge in [-0.15, -0.1) is 24.0 Å². The minimum Gasteiger partial charge on any atom is -0.386 e. The highest BCUT2D eigenvalue weighted by atomic mass is 128. The lowest BCUT2D eigenvalue weighted by Gasteiger charge is -2.25. The van der Waals surface area contributed by atoms with Crippen LogP contribution in [0.15, 0.2) is 121 Å². The third kappa shape index (κ3) is 32.5. The fraction of sp³-hybridized carbons (Fsp3) is 0.429. The van der Waals surface area contributed by atoms with E-state index < -0.39 is 46.2 Å². The molecule has 4 aromatic carbocycles. The van der Waals surface area contributed by atoms with Crippen molar-refractivity contribution >= 4 is 101 Å². The standard InChI is InChI=1S/C21H24F2O3.C14H18F2O3.C11H14O2.C3H3BrF2O.I2.HI/c1-17(24)21(22,23)20(26-16-19-11-6-3-7-12-19)13-8-14-25-15-18-9-4-2-5-10-18;1-11(17)14(15,16)13(18)8-5-9-19-10-12-6-3-2-4-7-12;12-8-4-5-9-13-10-11-6-2-1-3-7-11;1-2(7)3(4,5)6;1-2;/h2-7,9-12,20H,8,13-16H2,1H3;2-4,6-7,13,18H,5,8-10H2,1H3;1-3,6-8H,4-5,9-10H2;1H3;;1H. The summed E-state index contributed by atoms with van der Waals surface area (Å²) in [5.74, 6) is -10.8. The van der Waals surface area contributed by atoms with E-state index in [-0.39, 0.29) is 56.5 Å². The number of aliphatic hydroxyl groups is 1. The average molecular weight is 1370 g/mol. The van der Waals surface area contributed by atoms with Crippen LogP contribution in [0.3, 0.4) is 0 Å². The zero-order valence-electron chi connectivity index (χ0n) is 38.0. The molecule has 1 N–H and O–H groups in total. The Hall–Kier alpha value is -2.39. The molecule has 9 nitrogen and oxygen atoms in total. The molecule has 2 unspecified atom stereocenters. The molecule has 380 valence electrons. The number of unbranched alkanes of at least 4 members (excludes halogenated alkanes) is 1. The van der Waals surface area contributed by atoms with E-state index >= 15 is 0 Å². The molecule has 4 rings (SSSR count). The van der Waals surface area contributed by atoms with Crippen molar-refractivity contribution < 1.29 is 69.6 Å². The first kappa shape index (κ1) is 67.7. The van der Waals surface area contributed by atoms with E-state index in [1.165, 1.54) is 5.56 Å². The molecule has 0 fully saturated rings. The van der Waals surface area contributed by atoms with E-state index in [9.17, 15) is 50.6 Å². The maximum Gasteiger partial charge on any atom is 0.358 e. The van der Waals surface area contributed by atoms with Crippen LogP contribution in [0.5, 0.6) is 0 Å². The smallest absolute Gasteiger partial charge is 0.358 e. The monoisotopic (exact) mass is 1370 g/mol. The lowest BCUT2D eigenvalue weighted by Crippen LogP contribution is -2.42. The normalized spacial score (nSPS) is 11.7. The first-order valence-corrected chi connectivity index (χ1v) is 28.0. The van der Waals surface area contributed by atoms with Crippen molar-refractivity contribution in [1.29, 1.82) is 0 Å². The molecule has 0 bridgehead atoms. The average Bonchev–Trinajstić information content (AvgIpc) is 3.31. The van der Waals surface area contributed by atoms with Crippen LogP contribution in [0, 0.1) is 0 Å². The summed E-state index contributed by atoms with van der Waals surface area (Å²) in [7, 11) is 0. The van der Waals surface area contributed by atoms with Gasteiger partial charge in [-0.05, 0) is 70.3 Å². The number of hydrogen-bond donors (Lipinski definition) is 1. The van der Waals surface area contributed by atoms with E-state index in [1.807, 2.05) is 125 Å². The third-order valence-electron chi connectivity index (χ3n) is 8.92. The number of carbonyl (C=O) groups excluding carboxylic acids is 4. The zero-order chi connectivity index (χ0) is 50.6. The molecule has 0 saturated carbocycles. The first-order chi connectivity index (χ1) is 31.8. The summed E-state index contributed by atoms with van der Waals surface area (Å²) < 4.78 is 98.9. The van der Waals surface area contributed by atoms with E-state index in [2.05, 4.69) is 37.2 Å². The van der Waals surface area contributed by atoms with Crippen molar-refractivity contribution in [3.8, 4) is 0 Å². The van der Waals surface area contributed by atoms with Gasteiger partial charge in [0.05, 0.1) is 26.4 Å². The zero-order valence-corrected chi connectivity index (χ0v) is 46.2. The maximum absolute atomic E-state index is 14.2. The van der Waals surface area contributed by atoms with Crippen LogP contribution in [0.1, 0.15) is 81.5 Å². The van der Waals surface area contributed by atoms with Crippen LogP contribution in [0.25, 0.3) is 0 Å². The molecule has 68 heavy (non-hydrogen) atoms. The van der Waals surface area contributed by atoms with Gasteiger partial charge in [-0.1, -0.05) is 121 Å². The second-order valence-electron chi connectivity index (χ2n) is 14.4. The number of Topliss-reactive ketones (excluding diaryl/α,β-unsaturated/α-hetero) is 3. The molecule has 2 atom stereocenters. The fourth-order valence-electron chi connectivity index (χ4n) is 5.09. The molecule has 0 spiro atoms. The summed E-state index contributed by atoms with van der Waals surface area (Å²) in [4.78, 5) is 38.3. The fourth-order valence-corrected chi connectivity index (χ4v) is 5.09. The highest BCUT2D eigenvalue weighted by Crippen LogP contribution is 2.28. The lowest BCUT2D eigenvalue weighted by molar-refractivity contribution is -0.170. The maximum atomic E-state index is 14.2. The van der Waals surface area contributed by atoms with Crippen molar-refractivity contribution in [2.45, 2.75) is 115 Å². The molecule has 0 aliphatic rings. The first-order valence-electron chi connectivity index (χ1n) is 20.9. The Kier molecular flexibility index (Phi) is 40.0. The van der Waals surface area contributed by atoms with E-state index in [1.54, 1.807) is 12.1 Å². The summed E-state index contributed by atoms with van der Waals surface area (Å²) in [5.41, 5.74) is 3.99. The summed E-state index contributed by atoms with van der Waals surface area (Å²) >= 11 is 6.10. The number of aliphatic hydroxyl groups excluding tert-OH is 1. The predicted molar refractivity (Wildman–Crippen MR) is 282 cm³/mol. The van der Waals surface area contributed by atoms with Crippen LogP contribution in [0.2, 0.25) is 0 Å². The Labute approximate surface area is 444 Å². The van der Waals surface area contributed by atoms with Gasteiger partial charge in [0.2, 0.25) is 17.3 Å². The van der Waals surface area contributed by atoms with E-state index in [4.69, 9.17) is 18.9 Å². The summed E-state index contributed by atoms with van der Waals surface area (Å²) in [6, 6.07) is 38.2. The number of benzene rings is 4. The SMILES string of the molecule is CC(=O)C(F)(F)Br.CC(=O)C(F)(F)C(CCCOCc1ccccc1)OCc1ccccc1.CC(=O)C(F)(F)C(O)CCCOCc1ccccc1.I.II.O=CCCCOCc1ccccc1. The van der Waals surface area contributed by atoms with Crippen molar-refractivity contribution in [2.24, 2.45) is 0 Å². The number of rotatable bonds is 26. The van der Waals surface area contributed by atoms with Gasteiger partial charge in [0.15, 0.2) is 0 Å². The number of carbonyl (C=O) groups is 4. The van der Waals surface area contributed by atoms with Crippen LogP contribution in [0.4, 0.5) is 26.3 Å². The van der Waals surface area contributed by atoms with Gasteiger partial charge >= 0.3 is 16.7 Å². The van der Waals surface area contributed by atoms with Crippen molar-refractivity contribution in [3.05, 3.63) is 144 Å². The second-order valence-corrected chi connectivity index (χ2v) is 15.4. The van der Waals surface area contributed by atoms with Gasteiger partial charge in [0, 0.05) is 84.2 Å². The molecule has 0 radical (unpaired) electrons. The highest BCUT2D eigenvalue weighted by Gasteiger charge is 2.45. The predicted octanol–water partition coefficient (Wildman–Crippen LogP) is 13.5.